The van der Waals surface area contributed by atoms with Crippen LogP contribution in [0.25, 0.3) is 0 Å². The van der Waals surface area contributed by atoms with Crippen LogP contribution in [0.3, 0.4) is 0 Å². The Morgan fingerprint density at radius 1 is 1.62 bits per heavy atom. The lowest BCUT2D eigenvalue weighted by Gasteiger charge is -2.03. The zero-order valence-corrected chi connectivity index (χ0v) is 7.41. The van der Waals surface area contributed by atoms with E-state index in [1.165, 1.54) is 0 Å². The first-order valence-electron chi connectivity index (χ1n) is 3.85. The average Bonchev–Trinajstić information content (AvgIpc) is 2.46. The maximum atomic E-state index is 10.6. The van der Waals surface area contributed by atoms with E-state index in [2.05, 4.69) is 0 Å². The van der Waals surface area contributed by atoms with Crippen molar-refractivity contribution in [3.05, 3.63) is 28.8 Å². The third kappa shape index (κ3) is 1.47. The largest absolute Gasteiger partial charge is 0.478 e. The smallest absolute Gasteiger partial charge is 0.345 e. The predicted molar refractivity (Wildman–Crippen MR) is 47.2 cm³/mol. The zero-order valence-electron chi connectivity index (χ0n) is 6.66. The lowest BCUT2D eigenvalue weighted by Crippen LogP contribution is -2.24. The molecule has 0 fully saturated rings. The maximum absolute atomic E-state index is 10.6. The van der Waals surface area contributed by atoms with Crippen molar-refractivity contribution in [2.45, 2.75) is 12.5 Å². The molecule has 1 aromatic rings. The molecule has 13 heavy (non-hydrogen) atoms. The van der Waals surface area contributed by atoms with E-state index in [4.69, 9.17) is 21.4 Å². The van der Waals surface area contributed by atoms with Gasteiger partial charge in [-0.05, 0) is 17.7 Å². The van der Waals surface area contributed by atoms with E-state index in [-0.39, 0.29) is 0 Å². The van der Waals surface area contributed by atoms with Crippen LogP contribution in [-0.2, 0) is 11.2 Å². The van der Waals surface area contributed by atoms with Gasteiger partial charge >= 0.3 is 5.97 Å². The topological polar surface area (TPSA) is 46.5 Å². The molecule has 0 aliphatic carbocycles. The summed E-state index contributed by atoms with van der Waals surface area (Å²) in [5.74, 6) is -0.354. The van der Waals surface area contributed by atoms with Crippen LogP contribution in [0.15, 0.2) is 18.2 Å². The molecule has 0 bridgehead atoms. The molecule has 1 atom stereocenters. The number of ether oxygens (including phenoxy) is 1. The molecule has 1 aliphatic heterocycles. The van der Waals surface area contributed by atoms with E-state index in [9.17, 15) is 4.79 Å². The average molecular weight is 199 g/mol. The minimum atomic E-state index is -0.938. The van der Waals surface area contributed by atoms with E-state index in [0.717, 1.165) is 5.56 Å². The zero-order chi connectivity index (χ0) is 9.42. The summed E-state index contributed by atoms with van der Waals surface area (Å²) in [5, 5.41) is 9.26. The summed E-state index contributed by atoms with van der Waals surface area (Å²) in [4.78, 5) is 10.6. The number of carbonyl (C=O) groups is 1. The second kappa shape index (κ2) is 2.92. The Balaban J connectivity index is 2.30. The Bertz CT molecular complexity index is 362. The van der Waals surface area contributed by atoms with Gasteiger partial charge in [0.25, 0.3) is 0 Å². The van der Waals surface area contributed by atoms with Crippen molar-refractivity contribution in [1.29, 1.82) is 0 Å². The molecule has 0 saturated heterocycles. The Morgan fingerprint density at radius 3 is 3.08 bits per heavy atom. The van der Waals surface area contributed by atoms with Crippen LogP contribution in [0.4, 0.5) is 0 Å². The van der Waals surface area contributed by atoms with Crippen LogP contribution < -0.4 is 4.74 Å². The molecule has 1 aliphatic rings. The summed E-state index contributed by atoms with van der Waals surface area (Å²) in [5.41, 5.74) is 0.900. The highest BCUT2D eigenvalue weighted by Crippen LogP contribution is 2.31. The monoisotopic (exact) mass is 198 g/mol. The van der Waals surface area contributed by atoms with Gasteiger partial charge < -0.3 is 9.84 Å². The van der Waals surface area contributed by atoms with Crippen LogP contribution in [0.2, 0.25) is 5.02 Å². The van der Waals surface area contributed by atoms with Crippen LogP contribution in [0, 0.1) is 0 Å². The summed E-state index contributed by atoms with van der Waals surface area (Å²) in [6.45, 7) is 0. The third-order valence-electron chi connectivity index (χ3n) is 1.98. The molecule has 0 spiro atoms. The molecule has 3 nitrogen and oxygen atoms in total. The summed E-state index contributed by atoms with van der Waals surface area (Å²) >= 11 is 5.72. The molecule has 0 amide bonds. The first-order chi connectivity index (χ1) is 6.16. The minimum absolute atomic E-state index is 0.418. The number of carboxylic acid groups (broad SMARTS) is 1. The third-order valence-corrected chi connectivity index (χ3v) is 2.21. The highest BCUT2D eigenvalue weighted by atomic mass is 35.5. The van der Waals surface area contributed by atoms with Gasteiger partial charge in [-0.2, -0.15) is 0 Å². The molecule has 1 N–H and O–H groups in total. The Labute approximate surface area is 79.9 Å². The second-order valence-electron chi connectivity index (χ2n) is 2.90. The molecule has 0 radical (unpaired) electrons. The van der Waals surface area contributed by atoms with Crippen molar-refractivity contribution in [3.8, 4) is 5.75 Å². The van der Waals surface area contributed by atoms with Gasteiger partial charge in [-0.3, -0.25) is 0 Å². The number of fused-ring (bicyclic) bond motifs is 1. The van der Waals surface area contributed by atoms with Gasteiger partial charge in [0.15, 0.2) is 6.10 Å². The molecule has 4 heteroatoms. The molecule has 1 aromatic carbocycles. The lowest BCUT2D eigenvalue weighted by atomic mass is 10.1. The molecule has 0 unspecified atom stereocenters. The van der Waals surface area contributed by atoms with Crippen molar-refractivity contribution >= 4 is 17.6 Å². The van der Waals surface area contributed by atoms with Gasteiger partial charge in [0.2, 0.25) is 0 Å². The van der Waals surface area contributed by atoms with Crippen LogP contribution in [-0.4, -0.2) is 17.2 Å². The molecule has 0 saturated carbocycles. The molecule has 1 heterocycles. The van der Waals surface area contributed by atoms with Crippen molar-refractivity contribution in [2.24, 2.45) is 0 Å². The first kappa shape index (κ1) is 8.38. The highest BCUT2D eigenvalue weighted by molar-refractivity contribution is 6.30. The molecular formula is C9H7ClO3. The molecular weight excluding hydrogens is 192 g/mol. The number of carboxylic acids is 1. The standard InChI is InChI=1S/C9H7ClO3/c10-6-2-1-5-3-8(9(11)12)13-7(5)4-6/h1-2,4,8H,3H2,(H,11,12)/t8-/m1/s1. The summed E-state index contributed by atoms with van der Waals surface area (Å²) in [6.07, 6.45) is -0.338. The van der Waals surface area contributed by atoms with E-state index < -0.39 is 12.1 Å². The predicted octanol–water partition coefficient (Wildman–Crippen LogP) is 1.73. The quantitative estimate of drug-likeness (QED) is 0.748. The lowest BCUT2D eigenvalue weighted by molar-refractivity contribution is -0.144. The molecule has 2 rings (SSSR count). The van der Waals surface area contributed by atoms with Gasteiger partial charge in [0.1, 0.15) is 5.75 Å². The van der Waals surface area contributed by atoms with E-state index in [1.807, 2.05) is 0 Å². The van der Waals surface area contributed by atoms with Crippen LogP contribution in [0.1, 0.15) is 5.56 Å². The highest BCUT2D eigenvalue weighted by Gasteiger charge is 2.28. The number of benzene rings is 1. The van der Waals surface area contributed by atoms with Gasteiger partial charge in [-0.25, -0.2) is 4.79 Å². The Kier molecular flexibility index (Phi) is 1.88. The fourth-order valence-corrected chi connectivity index (χ4v) is 1.50. The normalized spacial score (nSPS) is 19.3. The van der Waals surface area contributed by atoms with Gasteiger partial charge in [-0.1, -0.05) is 17.7 Å². The fourth-order valence-electron chi connectivity index (χ4n) is 1.34. The van der Waals surface area contributed by atoms with E-state index >= 15 is 0 Å². The fraction of sp³-hybridized carbons (Fsp3) is 0.222. The molecule has 0 aromatic heterocycles. The van der Waals surface area contributed by atoms with Crippen LogP contribution in [0.5, 0.6) is 5.75 Å². The van der Waals surface area contributed by atoms with Gasteiger partial charge in [0.05, 0.1) is 0 Å². The Hall–Kier alpha value is -1.22. The maximum Gasteiger partial charge on any atom is 0.345 e. The van der Waals surface area contributed by atoms with Gasteiger partial charge in [-0.15, -0.1) is 0 Å². The number of halogens is 1. The molecule has 68 valence electrons. The number of aliphatic carboxylic acids is 1. The van der Waals surface area contributed by atoms with Gasteiger partial charge in [0, 0.05) is 11.4 Å². The van der Waals surface area contributed by atoms with Crippen molar-refractivity contribution < 1.29 is 14.6 Å². The summed E-state index contributed by atoms with van der Waals surface area (Å²) in [6, 6.07) is 5.16. The minimum Gasteiger partial charge on any atom is -0.478 e. The number of hydrogen-bond donors (Lipinski definition) is 1. The summed E-state index contributed by atoms with van der Waals surface area (Å²) < 4.78 is 5.17. The SMILES string of the molecule is O=C(O)[C@H]1Cc2ccc(Cl)cc2O1. The van der Waals surface area contributed by atoms with Crippen molar-refractivity contribution in [2.75, 3.05) is 0 Å². The number of rotatable bonds is 1. The van der Waals surface area contributed by atoms with E-state index in [0.29, 0.717) is 17.2 Å². The van der Waals surface area contributed by atoms with Crippen molar-refractivity contribution in [3.63, 3.8) is 0 Å². The van der Waals surface area contributed by atoms with Crippen molar-refractivity contribution in [1.82, 2.24) is 0 Å². The summed E-state index contributed by atoms with van der Waals surface area (Å²) in [7, 11) is 0. The van der Waals surface area contributed by atoms with Crippen LogP contribution >= 0.6 is 11.6 Å². The first-order valence-corrected chi connectivity index (χ1v) is 4.22. The van der Waals surface area contributed by atoms with E-state index in [1.54, 1.807) is 18.2 Å². The second-order valence-corrected chi connectivity index (χ2v) is 3.34. The Morgan fingerprint density at radius 2 is 2.38 bits per heavy atom. The number of hydrogen-bond acceptors (Lipinski definition) is 2.